The minimum atomic E-state index is -0.457. The Hall–Kier alpha value is -2.44. The molecular weight excluding hydrogens is 349 g/mol. The lowest BCUT2D eigenvalue weighted by molar-refractivity contribution is -0.139. The maximum atomic E-state index is 14.0. The fourth-order valence-corrected chi connectivity index (χ4v) is 3.94. The molecule has 1 aliphatic carbocycles. The Balaban J connectivity index is 1.33. The summed E-state index contributed by atoms with van der Waals surface area (Å²) >= 11 is 0. The zero-order valence-electron chi connectivity index (χ0n) is 15.2. The molecule has 7 heteroatoms. The molecule has 6 nitrogen and oxygen atoms in total. The van der Waals surface area contributed by atoms with Crippen LogP contribution < -0.4 is 10.2 Å². The summed E-state index contributed by atoms with van der Waals surface area (Å²) in [4.78, 5) is 40.4. The van der Waals surface area contributed by atoms with Gasteiger partial charge in [-0.25, -0.2) is 4.39 Å². The van der Waals surface area contributed by atoms with Crippen molar-refractivity contribution in [3.8, 4) is 0 Å². The summed E-state index contributed by atoms with van der Waals surface area (Å²) in [6, 6.07) is 6.48. The summed E-state index contributed by atoms with van der Waals surface area (Å²) in [5.41, 5.74) is 0.230. The second-order valence-electron chi connectivity index (χ2n) is 7.74. The smallest absolute Gasteiger partial charge is 0.228 e. The van der Waals surface area contributed by atoms with E-state index in [4.69, 9.17) is 0 Å². The second-order valence-corrected chi connectivity index (χ2v) is 7.74. The van der Waals surface area contributed by atoms with Gasteiger partial charge in [0.25, 0.3) is 0 Å². The number of anilines is 1. The maximum Gasteiger partial charge on any atom is 0.228 e. The number of nitrogens with one attached hydrogen (secondary N) is 1. The largest absolute Gasteiger partial charge is 0.353 e. The van der Waals surface area contributed by atoms with Crippen molar-refractivity contribution in [1.29, 1.82) is 0 Å². The third-order valence-electron chi connectivity index (χ3n) is 5.72. The molecule has 1 N–H and O–H groups in total. The lowest BCUT2D eigenvalue weighted by Gasteiger charge is -2.33. The summed E-state index contributed by atoms with van der Waals surface area (Å²) in [5.74, 6) is -1.13. The number of para-hydroxylation sites is 1. The highest BCUT2D eigenvalue weighted by Gasteiger charge is 2.39. The first-order valence-electron chi connectivity index (χ1n) is 9.67. The number of benzene rings is 1. The van der Waals surface area contributed by atoms with Gasteiger partial charge in [0.15, 0.2) is 0 Å². The van der Waals surface area contributed by atoms with Crippen molar-refractivity contribution in [1.82, 2.24) is 10.2 Å². The standard InChI is InChI=1S/C20H24FN3O3/c21-16-3-1-2-4-17(16)24-12-14(11-18(24)25)20(27)23-9-7-13(8-10-23)19(26)22-15-5-6-15/h1-4,13-15H,5-12H2,(H,22,26). The molecule has 1 saturated carbocycles. The minimum Gasteiger partial charge on any atom is -0.353 e. The van der Waals surface area contributed by atoms with E-state index in [9.17, 15) is 18.8 Å². The Morgan fingerprint density at radius 2 is 1.74 bits per heavy atom. The molecule has 144 valence electrons. The number of piperidine rings is 1. The monoisotopic (exact) mass is 373 g/mol. The van der Waals surface area contributed by atoms with Crippen molar-refractivity contribution in [2.75, 3.05) is 24.5 Å². The predicted octanol–water partition coefficient (Wildman–Crippen LogP) is 1.70. The van der Waals surface area contributed by atoms with Gasteiger partial charge in [0.05, 0.1) is 11.6 Å². The molecule has 1 unspecified atom stereocenters. The minimum absolute atomic E-state index is 0.0326. The third kappa shape index (κ3) is 3.82. The molecule has 2 saturated heterocycles. The van der Waals surface area contributed by atoms with Crippen LogP contribution in [-0.4, -0.2) is 48.3 Å². The molecule has 1 atom stereocenters. The lowest BCUT2D eigenvalue weighted by atomic mass is 9.94. The van der Waals surface area contributed by atoms with E-state index in [-0.39, 0.29) is 42.3 Å². The molecule has 3 amide bonds. The van der Waals surface area contributed by atoms with Crippen molar-refractivity contribution in [2.24, 2.45) is 11.8 Å². The Bertz CT molecular complexity index is 757. The van der Waals surface area contributed by atoms with Crippen molar-refractivity contribution >= 4 is 23.4 Å². The van der Waals surface area contributed by atoms with E-state index in [0.29, 0.717) is 32.0 Å². The van der Waals surface area contributed by atoms with Gasteiger partial charge in [-0.15, -0.1) is 0 Å². The molecule has 2 heterocycles. The first-order chi connectivity index (χ1) is 13.0. The van der Waals surface area contributed by atoms with Crippen LogP contribution in [0.15, 0.2) is 24.3 Å². The molecule has 1 aromatic carbocycles. The number of carbonyl (C=O) groups excluding carboxylic acids is 3. The number of halogens is 1. The lowest BCUT2D eigenvalue weighted by Crippen LogP contribution is -2.45. The summed E-state index contributed by atoms with van der Waals surface area (Å²) in [6.45, 7) is 1.28. The van der Waals surface area contributed by atoms with Crippen LogP contribution in [0.1, 0.15) is 32.1 Å². The van der Waals surface area contributed by atoms with Crippen molar-refractivity contribution in [2.45, 2.75) is 38.1 Å². The van der Waals surface area contributed by atoms with Crippen LogP contribution in [0.5, 0.6) is 0 Å². The van der Waals surface area contributed by atoms with Crippen LogP contribution >= 0.6 is 0 Å². The molecule has 3 fully saturated rings. The Kier molecular flexibility index (Phi) is 4.85. The highest BCUT2D eigenvalue weighted by atomic mass is 19.1. The SMILES string of the molecule is O=C(NC1CC1)C1CCN(C(=O)C2CC(=O)N(c3ccccc3F)C2)CC1. The van der Waals surface area contributed by atoms with E-state index < -0.39 is 11.7 Å². The molecule has 1 aromatic rings. The first kappa shape index (κ1) is 17.9. The molecule has 2 aliphatic heterocycles. The number of nitrogens with zero attached hydrogens (tertiary/aromatic N) is 2. The number of hydrogen-bond donors (Lipinski definition) is 1. The Morgan fingerprint density at radius 1 is 1.04 bits per heavy atom. The van der Waals surface area contributed by atoms with Gasteiger partial charge in [0, 0.05) is 38.0 Å². The number of amides is 3. The van der Waals surface area contributed by atoms with Crippen LogP contribution in [0.4, 0.5) is 10.1 Å². The van der Waals surface area contributed by atoms with Gasteiger partial charge in [-0.3, -0.25) is 14.4 Å². The van der Waals surface area contributed by atoms with Crippen molar-refractivity contribution in [3.63, 3.8) is 0 Å². The van der Waals surface area contributed by atoms with Crippen LogP contribution in [0.3, 0.4) is 0 Å². The number of hydrogen-bond acceptors (Lipinski definition) is 3. The molecule has 27 heavy (non-hydrogen) atoms. The molecule has 3 aliphatic rings. The van der Waals surface area contributed by atoms with E-state index in [1.165, 1.54) is 11.0 Å². The number of carbonyl (C=O) groups is 3. The molecule has 0 spiro atoms. The van der Waals surface area contributed by atoms with Crippen molar-refractivity contribution < 1.29 is 18.8 Å². The Labute approximate surface area is 157 Å². The van der Waals surface area contributed by atoms with Crippen LogP contribution in [0.25, 0.3) is 0 Å². The van der Waals surface area contributed by atoms with E-state index in [1.54, 1.807) is 23.1 Å². The van der Waals surface area contributed by atoms with E-state index in [1.807, 2.05) is 0 Å². The quantitative estimate of drug-likeness (QED) is 0.873. The van der Waals surface area contributed by atoms with Gasteiger partial charge < -0.3 is 15.1 Å². The zero-order valence-corrected chi connectivity index (χ0v) is 15.2. The summed E-state index contributed by atoms with van der Waals surface area (Å²) < 4.78 is 14.0. The molecule has 0 bridgehead atoms. The molecule has 0 aromatic heterocycles. The van der Waals surface area contributed by atoms with Crippen molar-refractivity contribution in [3.05, 3.63) is 30.1 Å². The molecule has 0 radical (unpaired) electrons. The first-order valence-corrected chi connectivity index (χ1v) is 9.67. The van der Waals surface area contributed by atoms with Gasteiger partial charge in [-0.2, -0.15) is 0 Å². The summed E-state index contributed by atoms with van der Waals surface area (Å²) in [5, 5.41) is 3.03. The van der Waals surface area contributed by atoms with Gasteiger partial charge in [0.2, 0.25) is 17.7 Å². The Morgan fingerprint density at radius 3 is 2.41 bits per heavy atom. The van der Waals surface area contributed by atoms with E-state index in [2.05, 4.69) is 5.32 Å². The average molecular weight is 373 g/mol. The highest BCUT2D eigenvalue weighted by Crippen LogP contribution is 2.29. The molecule has 4 rings (SSSR count). The normalized spacial score (nSPS) is 23.6. The summed E-state index contributed by atoms with van der Waals surface area (Å²) in [7, 11) is 0. The van der Waals surface area contributed by atoms with Crippen LogP contribution in [-0.2, 0) is 14.4 Å². The highest BCUT2D eigenvalue weighted by molar-refractivity contribution is 6.00. The fourth-order valence-electron chi connectivity index (χ4n) is 3.94. The fraction of sp³-hybridized carbons (Fsp3) is 0.550. The third-order valence-corrected chi connectivity index (χ3v) is 5.72. The van der Waals surface area contributed by atoms with Gasteiger partial charge in [-0.05, 0) is 37.8 Å². The van der Waals surface area contributed by atoms with Gasteiger partial charge in [0.1, 0.15) is 5.82 Å². The average Bonchev–Trinajstić information content (AvgIpc) is 3.41. The van der Waals surface area contributed by atoms with E-state index >= 15 is 0 Å². The number of likely N-dealkylation sites (tertiary alicyclic amines) is 1. The zero-order chi connectivity index (χ0) is 19.0. The van der Waals surface area contributed by atoms with Gasteiger partial charge >= 0.3 is 0 Å². The number of rotatable bonds is 4. The molecular formula is C20H24FN3O3. The second kappa shape index (κ2) is 7.29. The van der Waals surface area contributed by atoms with Crippen LogP contribution in [0, 0.1) is 17.7 Å². The van der Waals surface area contributed by atoms with Gasteiger partial charge in [-0.1, -0.05) is 12.1 Å². The maximum absolute atomic E-state index is 14.0. The van der Waals surface area contributed by atoms with E-state index in [0.717, 1.165) is 12.8 Å². The predicted molar refractivity (Wildman–Crippen MR) is 97.3 cm³/mol. The summed E-state index contributed by atoms with van der Waals surface area (Å²) in [6.07, 6.45) is 3.55. The topological polar surface area (TPSA) is 69.7 Å². The van der Waals surface area contributed by atoms with Crippen LogP contribution in [0.2, 0.25) is 0 Å².